The Balaban J connectivity index is 1.32. The Morgan fingerprint density at radius 2 is 1.83 bits per heavy atom. The number of hydrogen-bond acceptors (Lipinski definition) is 6. The van der Waals surface area contributed by atoms with E-state index in [0.29, 0.717) is 19.6 Å². The summed E-state index contributed by atoms with van der Waals surface area (Å²) in [6.45, 7) is 8.43. The van der Waals surface area contributed by atoms with Crippen LogP contribution in [-0.4, -0.2) is 96.8 Å². The molecule has 0 radical (unpaired) electrons. The molecule has 3 aliphatic heterocycles. The lowest BCUT2D eigenvalue weighted by Gasteiger charge is -2.32. The summed E-state index contributed by atoms with van der Waals surface area (Å²) in [5.74, 6) is 0.616. The first-order valence-electron chi connectivity index (χ1n) is 10.9. The third-order valence-corrected chi connectivity index (χ3v) is 6.02. The van der Waals surface area contributed by atoms with Crippen LogP contribution < -0.4 is 4.74 Å². The van der Waals surface area contributed by atoms with Crippen molar-refractivity contribution in [1.82, 2.24) is 19.7 Å². The van der Waals surface area contributed by atoms with E-state index < -0.39 is 0 Å². The number of amides is 3. The standard InChI is InChI=1S/C22H31N5O3/c1-17-5-6-20-18(15-17)19(7-14-30-20)23-27-16-21(28)26(22(27)29)9-4-3-8-25-12-10-24(2)11-13-25/h5-6,15H,3-4,7-14,16H2,1-2H3/b23-19+. The van der Waals surface area contributed by atoms with E-state index in [1.54, 1.807) is 0 Å². The summed E-state index contributed by atoms with van der Waals surface area (Å²) >= 11 is 0. The zero-order chi connectivity index (χ0) is 21.1. The van der Waals surface area contributed by atoms with Crippen LogP contribution in [0.2, 0.25) is 0 Å². The van der Waals surface area contributed by atoms with Gasteiger partial charge in [0.15, 0.2) is 0 Å². The van der Waals surface area contributed by atoms with Gasteiger partial charge in [-0.3, -0.25) is 9.69 Å². The molecule has 1 aromatic carbocycles. The van der Waals surface area contributed by atoms with Gasteiger partial charge in [-0.05, 0) is 45.5 Å². The van der Waals surface area contributed by atoms with Crippen molar-refractivity contribution in [2.75, 3.05) is 59.5 Å². The molecule has 3 heterocycles. The van der Waals surface area contributed by atoms with Crippen LogP contribution in [0, 0.1) is 6.92 Å². The van der Waals surface area contributed by atoms with Crippen LogP contribution in [0.4, 0.5) is 4.79 Å². The topological polar surface area (TPSA) is 68.7 Å². The van der Waals surface area contributed by atoms with Gasteiger partial charge in [0.25, 0.3) is 5.91 Å². The highest BCUT2D eigenvalue weighted by molar-refractivity contribution is 6.06. The quantitative estimate of drug-likeness (QED) is 0.525. The molecule has 0 saturated carbocycles. The number of aryl methyl sites for hydroxylation is 1. The average molecular weight is 414 g/mol. The van der Waals surface area contributed by atoms with Gasteiger partial charge in [0.1, 0.15) is 12.3 Å². The first-order valence-corrected chi connectivity index (χ1v) is 10.9. The summed E-state index contributed by atoms with van der Waals surface area (Å²) in [4.78, 5) is 31.3. The second kappa shape index (κ2) is 9.14. The number of carbonyl (C=O) groups is 2. The number of hydrazone groups is 1. The van der Waals surface area contributed by atoms with Gasteiger partial charge in [0.2, 0.25) is 0 Å². The fraction of sp³-hybridized carbons (Fsp3) is 0.591. The van der Waals surface area contributed by atoms with Gasteiger partial charge in [0, 0.05) is 44.7 Å². The normalized spacial score (nSPS) is 22.0. The van der Waals surface area contributed by atoms with Crippen molar-refractivity contribution in [2.24, 2.45) is 5.10 Å². The Kier molecular flexibility index (Phi) is 6.34. The Morgan fingerprint density at radius 3 is 2.63 bits per heavy atom. The van der Waals surface area contributed by atoms with E-state index in [1.807, 2.05) is 25.1 Å². The van der Waals surface area contributed by atoms with Crippen molar-refractivity contribution in [1.29, 1.82) is 0 Å². The summed E-state index contributed by atoms with van der Waals surface area (Å²) in [5, 5.41) is 5.87. The number of unbranched alkanes of at least 4 members (excludes halogenated alkanes) is 1. The summed E-state index contributed by atoms with van der Waals surface area (Å²) in [5.41, 5.74) is 2.82. The molecule has 8 nitrogen and oxygen atoms in total. The van der Waals surface area contributed by atoms with Crippen molar-refractivity contribution >= 4 is 17.6 Å². The predicted octanol–water partition coefficient (Wildman–Crippen LogP) is 1.77. The number of rotatable bonds is 6. The molecule has 0 aliphatic carbocycles. The molecule has 3 amide bonds. The molecule has 2 saturated heterocycles. The molecule has 162 valence electrons. The predicted molar refractivity (Wildman–Crippen MR) is 115 cm³/mol. The zero-order valence-corrected chi connectivity index (χ0v) is 18.0. The SMILES string of the molecule is Cc1ccc2c(c1)/C(=N/N1CC(=O)N(CCCCN3CCN(C)CC3)C1=O)CCO2. The second-order valence-corrected chi connectivity index (χ2v) is 8.38. The van der Waals surface area contributed by atoms with Gasteiger partial charge in [-0.25, -0.2) is 9.80 Å². The van der Waals surface area contributed by atoms with Crippen LogP contribution in [0.5, 0.6) is 5.75 Å². The first-order chi connectivity index (χ1) is 14.5. The molecular formula is C22H31N5O3. The molecule has 2 fully saturated rings. The molecule has 30 heavy (non-hydrogen) atoms. The Bertz CT molecular complexity index is 832. The van der Waals surface area contributed by atoms with Gasteiger partial charge < -0.3 is 14.5 Å². The summed E-state index contributed by atoms with van der Waals surface area (Å²) in [7, 11) is 2.15. The molecule has 3 aliphatic rings. The van der Waals surface area contributed by atoms with E-state index >= 15 is 0 Å². The maximum absolute atomic E-state index is 12.8. The molecular weight excluding hydrogens is 382 g/mol. The second-order valence-electron chi connectivity index (χ2n) is 8.38. The number of imide groups is 1. The number of fused-ring (bicyclic) bond motifs is 1. The van der Waals surface area contributed by atoms with E-state index in [4.69, 9.17) is 4.74 Å². The smallest absolute Gasteiger partial charge is 0.347 e. The molecule has 1 aromatic rings. The van der Waals surface area contributed by atoms with Crippen LogP contribution in [0.15, 0.2) is 23.3 Å². The molecule has 0 bridgehead atoms. The average Bonchev–Trinajstić information content (AvgIpc) is 3.00. The highest BCUT2D eigenvalue weighted by Crippen LogP contribution is 2.27. The number of nitrogens with zero attached hydrogens (tertiary/aromatic N) is 5. The number of hydrogen-bond donors (Lipinski definition) is 0. The van der Waals surface area contributed by atoms with Crippen molar-refractivity contribution in [2.45, 2.75) is 26.2 Å². The van der Waals surface area contributed by atoms with E-state index in [1.165, 1.54) is 9.91 Å². The summed E-state index contributed by atoms with van der Waals surface area (Å²) in [6, 6.07) is 5.64. The fourth-order valence-electron chi connectivity index (χ4n) is 4.14. The Morgan fingerprint density at radius 1 is 1.07 bits per heavy atom. The summed E-state index contributed by atoms with van der Waals surface area (Å²) < 4.78 is 5.70. The van der Waals surface area contributed by atoms with Crippen molar-refractivity contribution in [3.05, 3.63) is 29.3 Å². The number of benzene rings is 1. The summed E-state index contributed by atoms with van der Waals surface area (Å²) in [6.07, 6.45) is 2.43. The highest BCUT2D eigenvalue weighted by Gasteiger charge is 2.36. The maximum Gasteiger partial charge on any atom is 0.347 e. The minimum absolute atomic E-state index is 0.0167. The Labute approximate surface area is 178 Å². The number of carbonyl (C=O) groups excluding carboxylic acids is 2. The highest BCUT2D eigenvalue weighted by atomic mass is 16.5. The van der Waals surface area contributed by atoms with Crippen LogP contribution in [0.25, 0.3) is 0 Å². The largest absolute Gasteiger partial charge is 0.492 e. The van der Waals surface area contributed by atoms with Crippen molar-refractivity contribution in [3.8, 4) is 5.75 Å². The zero-order valence-electron chi connectivity index (χ0n) is 18.0. The van der Waals surface area contributed by atoms with Crippen LogP contribution in [0.1, 0.15) is 30.4 Å². The molecule has 0 unspecified atom stereocenters. The van der Waals surface area contributed by atoms with Gasteiger partial charge in [0.05, 0.1) is 12.3 Å². The molecule has 8 heteroatoms. The van der Waals surface area contributed by atoms with Crippen molar-refractivity contribution < 1.29 is 14.3 Å². The monoisotopic (exact) mass is 413 g/mol. The minimum Gasteiger partial charge on any atom is -0.492 e. The van der Waals surface area contributed by atoms with Gasteiger partial charge in [-0.2, -0.15) is 5.10 Å². The minimum atomic E-state index is -0.312. The molecule has 0 aromatic heterocycles. The number of likely N-dealkylation sites (N-methyl/N-ethyl adjacent to an activating group) is 1. The lowest BCUT2D eigenvalue weighted by atomic mass is 10.0. The number of ether oxygens (including phenoxy) is 1. The maximum atomic E-state index is 12.8. The molecule has 0 spiro atoms. The van der Waals surface area contributed by atoms with Gasteiger partial charge in [-0.15, -0.1) is 0 Å². The van der Waals surface area contributed by atoms with Crippen LogP contribution in [0.3, 0.4) is 0 Å². The Hall–Kier alpha value is -2.45. The number of piperazine rings is 1. The molecule has 0 atom stereocenters. The van der Waals surface area contributed by atoms with Crippen LogP contribution in [-0.2, 0) is 4.79 Å². The van der Waals surface area contributed by atoms with Crippen LogP contribution >= 0.6 is 0 Å². The molecule has 4 rings (SSSR count). The van der Waals surface area contributed by atoms with Gasteiger partial charge in [-0.1, -0.05) is 11.6 Å². The third-order valence-electron chi connectivity index (χ3n) is 6.02. The van der Waals surface area contributed by atoms with Gasteiger partial charge >= 0.3 is 6.03 Å². The lowest BCUT2D eigenvalue weighted by Crippen LogP contribution is -2.44. The van der Waals surface area contributed by atoms with E-state index in [-0.39, 0.29) is 18.5 Å². The van der Waals surface area contributed by atoms with E-state index in [9.17, 15) is 9.59 Å². The van der Waals surface area contributed by atoms with E-state index in [2.05, 4.69) is 21.9 Å². The number of urea groups is 1. The lowest BCUT2D eigenvalue weighted by molar-refractivity contribution is -0.125. The first kappa shape index (κ1) is 20.8. The fourth-order valence-corrected chi connectivity index (χ4v) is 4.14. The molecule has 0 N–H and O–H groups in total. The van der Waals surface area contributed by atoms with Crippen molar-refractivity contribution in [3.63, 3.8) is 0 Å². The third kappa shape index (κ3) is 4.65. The van der Waals surface area contributed by atoms with E-state index in [0.717, 1.165) is 68.2 Å².